The number of H-pyrrole nitrogens is 1. The lowest BCUT2D eigenvalue weighted by molar-refractivity contribution is 0.102. The molecule has 0 unspecified atom stereocenters. The Labute approximate surface area is 174 Å². The standard InChI is InChI=1S/C22H23N3O4S/c1-2-15-13-21(26)24-20-14-17(7-10-19(15)20)23-22(27)16-5-8-18(9-6-16)30(28,29)25-11-3-4-12-25/h5-10,13-14H,2-4,11-12H2,1H3,(H,23,27)(H,24,26). The fourth-order valence-corrected chi connectivity index (χ4v) is 5.28. The number of amides is 1. The molecule has 1 amide bonds. The molecule has 0 saturated carbocycles. The van der Waals surface area contributed by atoms with Gasteiger partial charge in [0.25, 0.3) is 5.91 Å². The van der Waals surface area contributed by atoms with Crippen molar-refractivity contribution < 1.29 is 13.2 Å². The predicted octanol–water partition coefficient (Wildman–Crippen LogP) is 3.13. The molecular formula is C22H23N3O4S. The molecule has 0 aliphatic carbocycles. The summed E-state index contributed by atoms with van der Waals surface area (Å²) < 4.78 is 26.7. The smallest absolute Gasteiger partial charge is 0.255 e. The summed E-state index contributed by atoms with van der Waals surface area (Å²) in [7, 11) is -3.51. The number of sulfonamides is 1. The molecule has 30 heavy (non-hydrogen) atoms. The van der Waals surface area contributed by atoms with Crippen LogP contribution in [0.25, 0.3) is 10.9 Å². The fraction of sp³-hybridized carbons (Fsp3) is 0.273. The van der Waals surface area contributed by atoms with Gasteiger partial charge in [0.2, 0.25) is 15.6 Å². The molecule has 156 valence electrons. The van der Waals surface area contributed by atoms with E-state index in [1.165, 1.54) is 28.6 Å². The molecule has 2 heterocycles. The van der Waals surface area contributed by atoms with Crippen LogP contribution >= 0.6 is 0 Å². The van der Waals surface area contributed by atoms with Gasteiger partial charge >= 0.3 is 0 Å². The van der Waals surface area contributed by atoms with Gasteiger partial charge in [-0.2, -0.15) is 4.31 Å². The van der Waals surface area contributed by atoms with Crippen molar-refractivity contribution >= 4 is 32.5 Å². The highest BCUT2D eigenvalue weighted by Crippen LogP contribution is 2.23. The second kappa shape index (κ2) is 8.04. The number of hydrogen-bond donors (Lipinski definition) is 2. The van der Waals surface area contributed by atoms with Crippen LogP contribution in [0.4, 0.5) is 5.69 Å². The molecular weight excluding hydrogens is 402 g/mol. The molecule has 1 aliphatic heterocycles. The summed E-state index contributed by atoms with van der Waals surface area (Å²) >= 11 is 0. The maximum Gasteiger partial charge on any atom is 0.255 e. The van der Waals surface area contributed by atoms with Crippen LogP contribution in [0.1, 0.15) is 35.7 Å². The first-order valence-electron chi connectivity index (χ1n) is 9.96. The Morgan fingerprint density at radius 2 is 1.77 bits per heavy atom. The zero-order valence-corrected chi connectivity index (χ0v) is 17.5. The van der Waals surface area contributed by atoms with Crippen molar-refractivity contribution in [3.8, 4) is 0 Å². The van der Waals surface area contributed by atoms with Crippen molar-refractivity contribution in [2.45, 2.75) is 31.1 Å². The number of nitrogens with zero attached hydrogens (tertiary/aromatic N) is 1. The van der Waals surface area contributed by atoms with Crippen molar-refractivity contribution in [3.05, 3.63) is 70.0 Å². The lowest BCUT2D eigenvalue weighted by Crippen LogP contribution is -2.27. The normalized spacial score (nSPS) is 14.8. The van der Waals surface area contributed by atoms with Crippen LogP contribution in [-0.2, 0) is 16.4 Å². The zero-order valence-electron chi connectivity index (χ0n) is 16.6. The third kappa shape index (κ3) is 3.88. The van der Waals surface area contributed by atoms with Crippen molar-refractivity contribution in [2.75, 3.05) is 18.4 Å². The van der Waals surface area contributed by atoms with Gasteiger partial charge < -0.3 is 10.3 Å². The number of aromatic nitrogens is 1. The van der Waals surface area contributed by atoms with E-state index >= 15 is 0 Å². The average Bonchev–Trinajstić information content (AvgIpc) is 3.29. The Balaban J connectivity index is 1.54. The highest BCUT2D eigenvalue weighted by atomic mass is 32.2. The minimum atomic E-state index is -3.51. The molecule has 4 rings (SSSR count). The molecule has 3 aromatic rings. The van der Waals surface area contributed by atoms with Gasteiger partial charge in [-0.1, -0.05) is 13.0 Å². The van der Waals surface area contributed by atoms with Crippen molar-refractivity contribution in [1.82, 2.24) is 9.29 Å². The number of carbonyl (C=O) groups excluding carboxylic acids is 1. The number of aromatic amines is 1. The highest BCUT2D eigenvalue weighted by molar-refractivity contribution is 7.89. The minimum absolute atomic E-state index is 0.183. The van der Waals surface area contributed by atoms with Crippen LogP contribution in [0.3, 0.4) is 0 Å². The van der Waals surface area contributed by atoms with Gasteiger partial charge in [-0.05, 0) is 61.2 Å². The highest BCUT2D eigenvalue weighted by Gasteiger charge is 2.27. The molecule has 0 atom stereocenters. The number of hydrogen-bond acceptors (Lipinski definition) is 4. The monoisotopic (exact) mass is 425 g/mol. The minimum Gasteiger partial charge on any atom is -0.322 e. The summed E-state index contributed by atoms with van der Waals surface area (Å²) in [5.74, 6) is -0.353. The summed E-state index contributed by atoms with van der Waals surface area (Å²) in [6, 6.07) is 12.9. The summed E-state index contributed by atoms with van der Waals surface area (Å²) in [5, 5.41) is 3.74. The number of rotatable bonds is 5. The SMILES string of the molecule is CCc1cc(=O)[nH]c2cc(NC(=O)c3ccc(S(=O)(=O)N4CCCC4)cc3)ccc12. The Hall–Kier alpha value is -2.97. The molecule has 7 nitrogen and oxygen atoms in total. The predicted molar refractivity (Wildman–Crippen MR) is 116 cm³/mol. The van der Waals surface area contributed by atoms with E-state index in [4.69, 9.17) is 0 Å². The number of aryl methyl sites for hydroxylation is 1. The quantitative estimate of drug-likeness (QED) is 0.656. The number of anilines is 1. The Morgan fingerprint density at radius 3 is 2.43 bits per heavy atom. The molecule has 0 radical (unpaired) electrons. The lowest BCUT2D eigenvalue weighted by Gasteiger charge is -2.15. The third-order valence-electron chi connectivity index (χ3n) is 5.39. The van der Waals surface area contributed by atoms with E-state index in [1.54, 1.807) is 18.2 Å². The largest absolute Gasteiger partial charge is 0.322 e. The molecule has 2 aromatic carbocycles. The van der Waals surface area contributed by atoms with Gasteiger partial charge in [-0.25, -0.2) is 8.42 Å². The van der Waals surface area contributed by atoms with E-state index in [9.17, 15) is 18.0 Å². The van der Waals surface area contributed by atoms with E-state index < -0.39 is 10.0 Å². The summed E-state index contributed by atoms with van der Waals surface area (Å²) in [5.41, 5.74) is 2.32. The molecule has 1 saturated heterocycles. The molecule has 1 aliphatic rings. The first-order chi connectivity index (χ1) is 14.4. The molecule has 8 heteroatoms. The lowest BCUT2D eigenvalue weighted by atomic mass is 10.1. The molecule has 2 N–H and O–H groups in total. The maximum atomic E-state index is 12.6. The van der Waals surface area contributed by atoms with E-state index in [2.05, 4.69) is 10.3 Å². The maximum absolute atomic E-state index is 12.6. The van der Waals surface area contributed by atoms with Crippen LogP contribution in [0, 0.1) is 0 Å². The first-order valence-corrected chi connectivity index (χ1v) is 11.4. The van der Waals surface area contributed by atoms with Crippen LogP contribution in [0.2, 0.25) is 0 Å². The Bertz CT molecular complexity index is 1260. The topological polar surface area (TPSA) is 99.3 Å². The van der Waals surface area contributed by atoms with Gasteiger partial charge in [0.1, 0.15) is 0 Å². The average molecular weight is 426 g/mol. The number of carbonyl (C=O) groups is 1. The first kappa shape index (κ1) is 20.3. The number of fused-ring (bicyclic) bond motifs is 1. The molecule has 0 spiro atoms. The summed E-state index contributed by atoms with van der Waals surface area (Å²) in [6.45, 7) is 3.06. The Morgan fingerprint density at radius 1 is 1.07 bits per heavy atom. The van der Waals surface area contributed by atoms with Crippen LogP contribution in [0.15, 0.2) is 58.2 Å². The summed E-state index contributed by atoms with van der Waals surface area (Å²) in [6.07, 6.45) is 2.48. The summed E-state index contributed by atoms with van der Waals surface area (Å²) in [4.78, 5) is 27.4. The van der Waals surface area contributed by atoms with Gasteiger partial charge in [0.15, 0.2) is 0 Å². The van der Waals surface area contributed by atoms with E-state index in [-0.39, 0.29) is 16.4 Å². The second-order valence-electron chi connectivity index (χ2n) is 7.36. The van der Waals surface area contributed by atoms with Crippen LogP contribution < -0.4 is 10.9 Å². The van der Waals surface area contributed by atoms with E-state index in [0.29, 0.717) is 29.9 Å². The van der Waals surface area contributed by atoms with Gasteiger partial charge in [-0.3, -0.25) is 9.59 Å². The van der Waals surface area contributed by atoms with Crippen LogP contribution in [-0.4, -0.2) is 36.7 Å². The van der Waals surface area contributed by atoms with Crippen molar-refractivity contribution in [2.24, 2.45) is 0 Å². The Kier molecular flexibility index (Phi) is 5.44. The number of pyridine rings is 1. The van der Waals surface area contributed by atoms with Gasteiger partial charge in [0.05, 0.1) is 10.4 Å². The third-order valence-corrected chi connectivity index (χ3v) is 7.30. The van der Waals surface area contributed by atoms with Crippen LogP contribution in [0.5, 0.6) is 0 Å². The van der Waals surface area contributed by atoms with Crippen molar-refractivity contribution in [3.63, 3.8) is 0 Å². The molecule has 1 aromatic heterocycles. The van der Waals surface area contributed by atoms with Gasteiger partial charge in [0, 0.05) is 35.8 Å². The van der Waals surface area contributed by atoms with Gasteiger partial charge in [-0.15, -0.1) is 0 Å². The zero-order chi connectivity index (χ0) is 21.3. The van der Waals surface area contributed by atoms with E-state index in [0.717, 1.165) is 30.2 Å². The molecule has 0 bridgehead atoms. The molecule has 1 fully saturated rings. The number of nitrogens with one attached hydrogen (secondary N) is 2. The second-order valence-corrected chi connectivity index (χ2v) is 9.30. The van der Waals surface area contributed by atoms with Crippen molar-refractivity contribution in [1.29, 1.82) is 0 Å². The van der Waals surface area contributed by atoms with E-state index in [1.807, 2.05) is 13.0 Å². The number of benzene rings is 2. The fourth-order valence-electron chi connectivity index (χ4n) is 3.76.